The van der Waals surface area contributed by atoms with Crippen molar-refractivity contribution in [2.24, 2.45) is 0 Å². The summed E-state index contributed by atoms with van der Waals surface area (Å²) in [5.41, 5.74) is 3.11. The number of sulfonamides is 1. The number of aromatic amines is 1. The van der Waals surface area contributed by atoms with Crippen LogP contribution in [0.2, 0.25) is 0 Å². The first kappa shape index (κ1) is 28.0. The first-order chi connectivity index (χ1) is 17.8. The number of nitrogens with one attached hydrogen (secondary N) is 3. The summed E-state index contributed by atoms with van der Waals surface area (Å²) in [5.74, 6) is 1.68. The Morgan fingerprint density at radius 3 is 2.39 bits per heavy atom. The summed E-state index contributed by atoms with van der Waals surface area (Å²) in [6.45, 7) is 1.30. The SMILES string of the molecule is CS(=O)(=O)Nc1cccc(C(O)CNCCOc2ccc3c(c2)[nH]c2cc(OC4CCCC4)ccc23)c1.Cl. The number of rotatable bonds is 11. The number of aliphatic hydroxyl groups excluding tert-OH is 1. The number of aliphatic hydroxyl groups is 1. The van der Waals surface area contributed by atoms with Crippen LogP contribution in [0, 0.1) is 0 Å². The summed E-state index contributed by atoms with van der Waals surface area (Å²) >= 11 is 0. The Hall–Kier alpha value is -2.98. The summed E-state index contributed by atoms with van der Waals surface area (Å²) in [6.07, 6.45) is 5.42. The van der Waals surface area contributed by atoms with Crippen molar-refractivity contribution in [3.63, 3.8) is 0 Å². The van der Waals surface area contributed by atoms with Gasteiger partial charge in [-0.15, -0.1) is 12.4 Å². The molecule has 0 saturated heterocycles. The Morgan fingerprint density at radius 2 is 1.68 bits per heavy atom. The van der Waals surface area contributed by atoms with E-state index in [1.54, 1.807) is 24.3 Å². The van der Waals surface area contributed by atoms with E-state index in [1.165, 1.54) is 12.8 Å². The van der Waals surface area contributed by atoms with E-state index in [4.69, 9.17) is 9.47 Å². The molecule has 1 aliphatic carbocycles. The van der Waals surface area contributed by atoms with E-state index in [-0.39, 0.29) is 12.4 Å². The van der Waals surface area contributed by atoms with E-state index in [9.17, 15) is 13.5 Å². The van der Waals surface area contributed by atoms with Crippen LogP contribution in [0.4, 0.5) is 5.69 Å². The van der Waals surface area contributed by atoms with Gasteiger partial charge >= 0.3 is 0 Å². The molecule has 1 aromatic heterocycles. The molecule has 1 unspecified atom stereocenters. The average molecular weight is 560 g/mol. The number of ether oxygens (including phenoxy) is 2. The van der Waals surface area contributed by atoms with E-state index in [0.29, 0.717) is 37.1 Å². The van der Waals surface area contributed by atoms with Crippen molar-refractivity contribution in [1.82, 2.24) is 10.3 Å². The van der Waals surface area contributed by atoms with Gasteiger partial charge in [0.15, 0.2) is 0 Å². The van der Waals surface area contributed by atoms with E-state index >= 15 is 0 Å². The van der Waals surface area contributed by atoms with Gasteiger partial charge in [0.1, 0.15) is 18.1 Å². The molecule has 3 aromatic carbocycles. The van der Waals surface area contributed by atoms with Gasteiger partial charge in [0.2, 0.25) is 10.0 Å². The zero-order valence-electron chi connectivity index (χ0n) is 21.3. The van der Waals surface area contributed by atoms with Gasteiger partial charge in [-0.25, -0.2) is 8.42 Å². The number of fused-ring (bicyclic) bond motifs is 3. The standard InChI is InChI=1S/C28H33N3O5S.ClH/c1-37(33,34)31-20-6-4-5-19(15-20)28(32)18-29-13-14-35-22-9-11-24-25-12-10-23(36-21-7-2-3-8-21)17-27(25)30-26(24)16-22;/h4-6,9-12,15-17,21,28-32H,2-3,7-8,13-14,18H2,1H3;1H. The fourth-order valence-corrected chi connectivity index (χ4v) is 5.41. The van der Waals surface area contributed by atoms with Crippen molar-refractivity contribution in [2.45, 2.75) is 37.9 Å². The van der Waals surface area contributed by atoms with E-state index in [2.05, 4.69) is 39.3 Å². The number of aromatic nitrogens is 1. The first-order valence-electron chi connectivity index (χ1n) is 12.7. The highest BCUT2D eigenvalue weighted by Crippen LogP contribution is 2.32. The summed E-state index contributed by atoms with van der Waals surface area (Å²) in [4.78, 5) is 3.49. The lowest BCUT2D eigenvalue weighted by molar-refractivity contribution is 0.172. The molecule has 10 heteroatoms. The number of hydrogen-bond donors (Lipinski definition) is 4. The van der Waals surface area contributed by atoms with Gasteiger partial charge in [-0.1, -0.05) is 12.1 Å². The van der Waals surface area contributed by atoms with E-state index in [0.717, 1.165) is 52.4 Å². The maximum absolute atomic E-state index is 11.4. The number of anilines is 1. The van der Waals surface area contributed by atoms with Gasteiger partial charge in [0, 0.05) is 41.7 Å². The maximum atomic E-state index is 11.4. The van der Waals surface area contributed by atoms with Crippen molar-refractivity contribution in [2.75, 3.05) is 30.7 Å². The molecule has 1 fully saturated rings. The van der Waals surface area contributed by atoms with Gasteiger partial charge in [-0.05, 0) is 67.6 Å². The molecule has 5 rings (SSSR count). The zero-order valence-corrected chi connectivity index (χ0v) is 22.9. The monoisotopic (exact) mass is 559 g/mol. The predicted octanol–water partition coefficient (Wildman–Crippen LogP) is 5.14. The van der Waals surface area contributed by atoms with Crippen LogP contribution in [-0.4, -0.2) is 50.6 Å². The summed E-state index contributed by atoms with van der Waals surface area (Å²) in [5, 5.41) is 15.9. The topological polar surface area (TPSA) is 113 Å². The minimum Gasteiger partial charge on any atom is -0.492 e. The third-order valence-electron chi connectivity index (χ3n) is 6.61. The highest BCUT2D eigenvalue weighted by Gasteiger charge is 2.17. The quantitative estimate of drug-likeness (QED) is 0.189. The molecule has 1 aliphatic rings. The Morgan fingerprint density at radius 1 is 1.00 bits per heavy atom. The van der Waals surface area contributed by atoms with Crippen molar-refractivity contribution >= 4 is 49.9 Å². The largest absolute Gasteiger partial charge is 0.492 e. The molecule has 0 aliphatic heterocycles. The third kappa shape index (κ3) is 7.11. The summed E-state index contributed by atoms with van der Waals surface area (Å²) in [7, 11) is -3.37. The lowest BCUT2D eigenvalue weighted by Gasteiger charge is -2.14. The van der Waals surface area contributed by atoms with Crippen molar-refractivity contribution in [1.29, 1.82) is 0 Å². The summed E-state index contributed by atoms with van der Waals surface area (Å²) < 4.78 is 37.3. The molecule has 4 N–H and O–H groups in total. The van der Waals surface area contributed by atoms with Crippen molar-refractivity contribution < 1.29 is 23.0 Å². The molecular formula is C28H34ClN3O5S. The maximum Gasteiger partial charge on any atom is 0.229 e. The molecule has 0 bridgehead atoms. The van der Waals surface area contributed by atoms with Crippen LogP contribution in [0.15, 0.2) is 60.7 Å². The van der Waals surface area contributed by atoms with E-state index in [1.807, 2.05) is 12.1 Å². The Balaban J connectivity index is 0.00000336. The second kappa shape index (κ2) is 12.3. The van der Waals surface area contributed by atoms with Gasteiger partial charge in [-0.3, -0.25) is 4.72 Å². The second-order valence-electron chi connectivity index (χ2n) is 9.63. The Bertz CT molecular complexity index is 1480. The summed E-state index contributed by atoms with van der Waals surface area (Å²) in [6, 6.07) is 19.0. The molecule has 1 heterocycles. The molecule has 204 valence electrons. The van der Waals surface area contributed by atoms with E-state index < -0.39 is 16.1 Å². The number of benzene rings is 3. The van der Waals surface area contributed by atoms with Gasteiger partial charge in [0.05, 0.1) is 29.5 Å². The lowest BCUT2D eigenvalue weighted by atomic mass is 10.1. The molecule has 0 spiro atoms. The molecular weight excluding hydrogens is 526 g/mol. The minimum atomic E-state index is -3.37. The van der Waals surface area contributed by atoms with Crippen LogP contribution < -0.4 is 19.5 Å². The number of hydrogen-bond acceptors (Lipinski definition) is 6. The Kier molecular flexibility index (Phi) is 9.04. The molecule has 38 heavy (non-hydrogen) atoms. The fourth-order valence-electron chi connectivity index (χ4n) is 4.85. The average Bonchev–Trinajstić information content (AvgIpc) is 3.49. The lowest BCUT2D eigenvalue weighted by Crippen LogP contribution is -2.26. The second-order valence-corrected chi connectivity index (χ2v) is 11.4. The molecule has 1 atom stereocenters. The fraction of sp³-hybridized carbons (Fsp3) is 0.357. The smallest absolute Gasteiger partial charge is 0.229 e. The minimum absolute atomic E-state index is 0. The van der Waals surface area contributed by atoms with Gasteiger partial charge in [-0.2, -0.15) is 0 Å². The van der Waals surface area contributed by atoms with Crippen LogP contribution in [0.3, 0.4) is 0 Å². The van der Waals surface area contributed by atoms with Crippen LogP contribution in [-0.2, 0) is 10.0 Å². The van der Waals surface area contributed by atoms with Crippen LogP contribution in [0.25, 0.3) is 21.8 Å². The van der Waals surface area contributed by atoms with Gasteiger partial charge < -0.3 is 24.9 Å². The third-order valence-corrected chi connectivity index (χ3v) is 7.21. The Labute approximate surface area is 229 Å². The molecule has 8 nitrogen and oxygen atoms in total. The molecule has 0 amide bonds. The van der Waals surface area contributed by atoms with Crippen molar-refractivity contribution in [3.8, 4) is 11.5 Å². The first-order valence-corrected chi connectivity index (χ1v) is 14.5. The van der Waals surface area contributed by atoms with Crippen LogP contribution in [0.1, 0.15) is 37.4 Å². The normalized spacial score (nSPS) is 14.9. The number of H-pyrrole nitrogens is 1. The number of halogens is 1. The zero-order chi connectivity index (χ0) is 25.8. The highest BCUT2D eigenvalue weighted by molar-refractivity contribution is 7.92. The van der Waals surface area contributed by atoms with Gasteiger partial charge in [0.25, 0.3) is 0 Å². The molecule has 1 saturated carbocycles. The van der Waals surface area contributed by atoms with Crippen LogP contribution in [0.5, 0.6) is 11.5 Å². The molecule has 4 aromatic rings. The molecule has 0 radical (unpaired) electrons. The van der Waals surface area contributed by atoms with Crippen LogP contribution >= 0.6 is 12.4 Å². The highest BCUT2D eigenvalue weighted by atomic mass is 35.5. The predicted molar refractivity (Wildman–Crippen MR) is 154 cm³/mol. The van der Waals surface area contributed by atoms with Crippen molar-refractivity contribution in [3.05, 3.63) is 66.2 Å².